The Hall–Kier alpha value is -0.890. The molecule has 0 amide bonds. The van der Waals surface area contributed by atoms with Crippen LogP contribution in [0.15, 0.2) is 24.3 Å². The predicted molar refractivity (Wildman–Crippen MR) is 55.3 cm³/mol. The molecule has 2 unspecified atom stereocenters. The summed E-state index contributed by atoms with van der Waals surface area (Å²) in [6, 6.07) is 6.61. The Morgan fingerprint density at radius 1 is 1.36 bits per heavy atom. The maximum atomic E-state index is 12.7. The van der Waals surface area contributed by atoms with Crippen molar-refractivity contribution in [2.75, 3.05) is 0 Å². The Labute approximate surface area is 84.1 Å². The standard InChI is InChI=1S/C12H16FN/c1-9-6-7-12(14,8-9)10-2-4-11(13)5-3-10/h2-5,9H,6-8,14H2,1H3. The molecular formula is C12H16FN. The molecule has 1 aromatic rings. The summed E-state index contributed by atoms with van der Waals surface area (Å²) in [6.45, 7) is 2.22. The average Bonchev–Trinajstić information content (AvgIpc) is 2.48. The highest BCUT2D eigenvalue weighted by Crippen LogP contribution is 2.39. The first kappa shape index (κ1) is 9.66. The monoisotopic (exact) mass is 193 g/mol. The van der Waals surface area contributed by atoms with Crippen LogP contribution in [0.1, 0.15) is 31.7 Å². The smallest absolute Gasteiger partial charge is 0.123 e. The van der Waals surface area contributed by atoms with Crippen LogP contribution in [0.5, 0.6) is 0 Å². The molecule has 14 heavy (non-hydrogen) atoms. The van der Waals surface area contributed by atoms with E-state index in [1.165, 1.54) is 18.6 Å². The molecule has 0 aliphatic heterocycles. The fourth-order valence-corrected chi connectivity index (χ4v) is 2.37. The average molecular weight is 193 g/mol. The van der Waals surface area contributed by atoms with Crippen molar-refractivity contribution < 1.29 is 4.39 Å². The van der Waals surface area contributed by atoms with Gasteiger partial charge >= 0.3 is 0 Å². The number of hydrogen-bond acceptors (Lipinski definition) is 1. The van der Waals surface area contributed by atoms with Crippen LogP contribution in [-0.2, 0) is 5.54 Å². The largest absolute Gasteiger partial charge is 0.321 e. The van der Waals surface area contributed by atoms with Crippen LogP contribution in [0.3, 0.4) is 0 Å². The Balaban J connectivity index is 2.26. The van der Waals surface area contributed by atoms with Gasteiger partial charge in [-0.05, 0) is 42.9 Å². The van der Waals surface area contributed by atoms with E-state index in [0.717, 1.165) is 18.4 Å². The third kappa shape index (κ3) is 1.67. The zero-order valence-corrected chi connectivity index (χ0v) is 8.46. The van der Waals surface area contributed by atoms with Gasteiger partial charge in [0.15, 0.2) is 0 Å². The minimum absolute atomic E-state index is 0.191. The van der Waals surface area contributed by atoms with E-state index < -0.39 is 0 Å². The minimum atomic E-state index is -0.215. The van der Waals surface area contributed by atoms with Gasteiger partial charge in [0.1, 0.15) is 5.82 Å². The molecule has 2 heteroatoms. The SMILES string of the molecule is CC1CCC(N)(c2ccc(F)cc2)C1. The van der Waals surface area contributed by atoms with Crippen LogP contribution in [-0.4, -0.2) is 0 Å². The summed E-state index contributed by atoms with van der Waals surface area (Å²) in [7, 11) is 0. The van der Waals surface area contributed by atoms with E-state index in [0.29, 0.717) is 5.92 Å². The van der Waals surface area contributed by atoms with Crippen molar-refractivity contribution >= 4 is 0 Å². The van der Waals surface area contributed by atoms with Crippen molar-refractivity contribution in [3.05, 3.63) is 35.6 Å². The number of hydrogen-bond donors (Lipinski definition) is 1. The lowest BCUT2D eigenvalue weighted by Crippen LogP contribution is -2.33. The number of nitrogens with two attached hydrogens (primary N) is 1. The summed E-state index contributed by atoms with van der Waals surface area (Å²) in [4.78, 5) is 0. The molecule has 2 rings (SSSR count). The van der Waals surface area contributed by atoms with E-state index >= 15 is 0 Å². The second-order valence-electron chi connectivity index (χ2n) is 4.51. The number of halogens is 1. The fourth-order valence-electron chi connectivity index (χ4n) is 2.37. The molecule has 1 nitrogen and oxygen atoms in total. The van der Waals surface area contributed by atoms with Gasteiger partial charge in [-0.2, -0.15) is 0 Å². The molecule has 1 saturated carbocycles. The maximum Gasteiger partial charge on any atom is 0.123 e. The molecule has 0 spiro atoms. The van der Waals surface area contributed by atoms with Crippen molar-refractivity contribution in [2.24, 2.45) is 11.7 Å². The Bertz CT molecular complexity index is 320. The third-order valence-corrected chi connectivity index (χ3v) is 3.22. The molecule has 0 heterocycles. The predicted octanol–water partition coefficient (Wildman–Crippen LogP) is 2.80. The van der Waals surface area contributed by atoms with Crippen molar-refractivity contribution in [2.45, 2.75) is 31.7 Å². The summed E-state index contributed by atoms with van der Waals surface area (Å²) < 4.78 is 12.7. The summed E-state index contributed by atoms with van der Waals surface area (Å²) >= 11 is 0. The van der Waals surface area contributed by atoms with Gasteiger partial charge in [-0.25, -0.2) is 4.39 Å². The van der Waals surface area contributed by atoms with Crippen molar-refractivity contribution in [1.82, 2.24) is 0 Å². The molecule has 76 valence electrons. The van der Waals surface area contributed by atoms with Crippen LogP contribution >= 0.6 is 0 Å². The summed E-state index contributed by atoms with van der Waals surface area (Å²) in [6.07, 6.45) is 3.20. The summed E-state index contributed by atoms with van der Waals surface area (Å²) in [5, 5.41) is 0. The second-order valence-corrected chi connectivity index (χ2v) is 4.51. The maximum absolute atomic E-state index is 12.7. The van der Waals surface area contributed by atoms with E-state index in [9.17, 15) is 4.39 Å². The molecule has 1 fully saturated rings. The van der Waals surface area contributed by atoms with E-state index in [1.54, 1.807) is 0 Å². The molecule has 0 bridgehead atoms. The third-order valence-electron chi connectivity index (χ3n) is 3.22. The quantitative estimate of drug-likeness (QED) is 0.729. The molecular weight excluding hydrogens is 177 g/mol. The molecule has 1 aliphatic carbocycles. The molecule has 0 radical (unpaired) electrons. The van der Waals surface area contributed by atoms with Crippen LogP contribution in [0.25, 0.3) is 0 Å². The first-order valence-electron chi connectivity index (χ1n) is 5.15. The normalized spacial score (nSPS) is 32.1. The van der Waals surface area contributed by atoms with E-state index in [2.05, 4.69) is 6.92 Å². The number of benzene rings is 1. The molecule has 0 aromatic heterocycles. The highest BCUT2D eigenvalue weighted by atomic mass is 19.1. The Morgan fingerprint density at radius 2 is 2.00 bits per heavy atom. The minimum Gasteiger partial charge on any atom is -0.321 e. The van der Waals surface area contributed by atoms with Gasteiger partial charge in [0.2, 0.25) is 0 Å². The van der Waals surface area contributed by atoms with Crippen LogP contribution in [0.2, 0.25) is 0 Å². The van der Waals surface area contributed by atoms with E-state index in [-0.39, 0.29) is 11.4 Å². The molecule has 0 saturated heterocycles. The highest BCUT2D eigenvalue weighted by Gasteiger charge is 2.34. The lowest BCUT2D eigenvalue weighted by molar-refractivity contribution is 0.440. The fraction of sp³-hybridized carbons (Fsp3) is 0.500. The van der Waals surface area contributed by atoms with E-state index in [4.69, 9.17) is 5.73 Å². The van der Waals surface area contributed by atoms with Gasteiger partial charge in [0.05, 0.1) is 0 Å². The Kier molecular flexibility index (Phi) is 2.31. The van der Waals surface area contributed by atoms with E-state index in [1.807, 2.05) is 12.1 Å². The van der Waals surface area contributed by atoms with Crippen molar-refractivity contribution in [1.29, 1.82) is 0 Å². The summed E-state index contributed by atoms with van der Waals surface area (Å²) in [5.74, 6) is 0.494. The van der Waals surface area contributed by atoms with Crippen LogP contribution < -0.4 is 5.73 Å². The highest BCUT2D eigenvalue weighted by molar-refractivity contribution is 5.25. The summed E-state index contributed by atoms with van der Waals surface area (Å²) in [5.41, 5.74) is 7.16. The molecule has 2 atom stereocenters. The van der Waals surface area contributed by atoms with Gasteiger partial charge in [0.25, 0.3) is 0 Å². The molecule has 1 aliphatic rings. The van der Waals surface area contributed by atoms with Crippen molar-refractivity contribution in [3.8, 4) is 0 Å². The first-order valence-corrected chi connectivity index (χ1v) is 5.15. The lowest BCUT2D eigenvalue weighted by atomic mass is 9.89. The van der Waals surface area contributed by atoms with Gasteiger partial charge in [0, 0.05) is 5.54 Å². The first-order chi connectivity index (χ1) is 6.60. The zero-order chi connectivity index (χ0) is 10.2. The second kappa shape index (κ2) is 3.35. The molecule has 1 aromatic carbocycles. The van der Waals surface area contributed by atoms with Gasteiger partial charge in [-0.3, -0.25) is 0 Å². The Morgan fingerprint density at radius 3 is 2.50 bits per heavy atom. The van der Waals surface area contributed by atoms with Crippen LogP contribution in [0.4, 0.5) is 4.39 Å². The van der Waals surface area contributed by atoms with Crippen LogP contribution in [0, 0.1) is 11.7 Å². The van der Waals surface area contributed by atoms with Gasteiger partial charge in [-0.1, -0.05) is 19.1 Å². The topological polar surface area (TPSA) is 26.0 Å². The van der Waals surface area contributed by atoms with Crippen molar-refractivity contribution in [3.63, 3.8) is 0 Å². The van der Waals surface area contributed by atoms with Gasteiger partial charge in [-0.15, -0.1) is 0 Å². The molecule has 2 N–H and O–H groups in total. The zero-order valence-electron chi connectivity index (χ0n) is 8.46. The number of rotatable bonds is 1. The lowest BCUT2D eigenvalue weighted by Gasteiger charge is -2.24. The van der Waals surface area contributed by atoms with Gasteiger partial charge < -0.3 is 5.73 Å².